The maximum atomic E-state index is 10.7. The third-order valence-electron chi connectivity index (χ3n) is 1.03. The van der Waals surface area contributed by atoms with Crippen molar-refractivity contribution in [2.75, 3.05) is 0 Å². The number of hydrogen-bond donors (Lipinski definition) is 3. The Balaban J connectivity index is 3.70. The monoisotopic (exact) mass is 157 g/mol. The Morgan fingerprint density at radius 1 is 1.55 bits per heavy atom. The minimum absolute atomic E-state index is 0.163. The van der Waals surface area contributed by atoms with E-state index in [0.717, 1.165) is 0 Å². The van der Waals surface area contributed by atoms with Gasteiger partial charge in [-0.25, -0.2) is 0 Å². The summed E-state index contributed by atoms with van der Waals surface area (Å²) in [5, 5.41) is 8.67. The molecule has 0 atom stereocenters. The first-order valence-electron chi connectivity index (χ1n) is 3.21. The third kappa shape index (κ3) is 5.07. The van der Waals surface area contributed by atoms with Gasteiger partial charge in [-0.15, -0.1) is 0 Å². The molecule has 1 amide bonds. The summed E-state index contributed by atoms with van der Waals surface area (Å²) in [6.45, 7) is 1.67. The topological polar surface area (TPSA) is 96.0 Å². The molecule has 0 spiro atoms. The van der Waals surface area contributed by atoms with Crippen LogP contribution in [0.3, 0.4) is 0 Å². The van der Waals surface area contributed by atoms with Crippen LogP contribution in [-0.2, 0) is 9.59 Å². The van der Waals surface area contributed by atoms with Gasteiger partial charge in [-0.3, -0.25) is 20.3 Å². The van der Waals surface area contributed by atoms with E-state index < -0.39 is 11.9 Å². The van der Waals surface area contributed by atoms with Crippen molar-refractivity contribution >= 4 is 17.6 Å². The maximum Gasteiger partial charge on any atom is 0.234 e. The predicted octanol–water partition coefficient (Wildman–Crippen LogP) is -0.635. The number of ketones is 1. The first-order chi connectivity index (χ1) is 5.06. The zero-order chi connectivity index (χ0) is 8.85. The molecule has 0 unspecified atom stereocenters. The molecule has 0 saturated carbocycles. The van der Waals surface area contributed by atoms with Gasteiger partial charge < -0.3 is 5.73 Å². The molecule has 0 heterocycles. The molecule has 0 radical (unpaired) electrons. The molecule has 11 heavy (non-hydrogen) atoms. The molecule has 0 aromatic carbocycles. The minimum Gasteiger partial charge on any atom is -0.370 e. The molecule has 0 rings (SSSR count). The first-order valence-corrected chi connectivity index (χ1v) is 3.21. The maximum absolute atomic E-state index is 10.7. The lowest BCUT2D eigenvalue weighted by Gasteiger charge is -1.99. The summed E-state index contributed by atoms with van der Waals surface area (Å²) in [6.07, 6.45) is 0.126. The zero-order valence-corrected chi connectivity index (χ0v) is 6.31. The van der Waals surface area contributed by atoms with Crippen LogP contribution >= 0.6 is 0 Å². The van der Waals surface area contributed by atoms with Gasteiger partial charge in [0.05, 0.1) is 6.42 Å². The average Bonchev–Trinajstić information content (AvgIpc) is 1.85. The molecule has 5 heteroatoms. The summed E-state index contributed by atoms with van der Waals surface area (Å²) in [5.41, 5.74) is 4.85. The van der Waals surface area contributed by atoms with Crippen LogP contribution in [0.1, 0.15) is 19.8 Å². The van der Waals surface area contributed by atoms with Gasteiger partial charge in [0.1, 0.15) is 5.78 Å². The Hall–Kier alpha value is -1.39. The average molecular weight is 157 g/mol. The van der Waals surface area contributed by atoms with Crippen molar-refractivity contribution in [2.45, 2.75) is 19.8 Å². The van der Waals surface area contributed by atoms with Gasteiger partial charge in [0.2, 0.25) is 5.91 Å². The van der Waals surface area contributed by atoms with Crippen LogP contribution < -0.4 is 11.1 Å². The highest BCUT2D eigenvalue weighted by Gasteiger charge is 2.06. The lowest BCUT2D eigenvalue weighted by molar-refractivity contribution is -0.127. The molecule has 0 aromatic rings. The van der Waals surface area contributed by atoms with Crippen molar-refractivity contribution < 1.29 is 9.59 Å². The summed E-state index contributed by atoms with van der Waals surface area (Å²) in [4.78, 5) is 21.3. The highest BCUT2D eigenvalue weighted by atomic mass is 16.2. The van der Waals surface area contributed by atoms with E-state index in [1.807, 2.05) is 5.32 Å². The number of rotatable bonds is 3. The Kier molecular flexibility index (Phi) is 3.87. The molecule has 0 aliphatic rings. The minimum atomic E-state index is -0.524. The molecule has 5 nitrogen and oxygen atoms in total. The highest BCUT2D eigenvalue weighted by Crippen LogP contribution is 1.87. The van der Waals surface area contributed by atoms with Crippen molar-refractivity contribution in [3.8, 4) is 0 Å². The van der Waals surface area contributed by atoms with Crippen LogP contribution in [0.5, 0.6) is 0 Å². The Morgan fingerprint density at radius 3 is 2.45 bits per heavy atom. The number of nitrogens with one attached hydrogen (secondary N) is 2. The molecule has 4 N–H and O–H groups in total. The van der Waals surface area contributed by atoms with E-state index in [-0.39, 0.29) is 12.2 Å². The summed E-state index contributed by atoms with van der Waals surface area (Å²) in [5.74, 6) is -1.12. The van der Waals surface area contributed by atoms with Crippen LogP contribution in [0.4, 0.5) is 0 Å². The van der Waals surface area contributed by atoms with Crippen LogP contribution in [0.25, 0.3) is 0 Å². The number of carbonyl (C=O) groups excluding carboxylic acids is 2. The van der Waals surface area contributed by atoms with Gasteiger partial charge in [0.25, 0.3) is 0 Å². The molecular formula is C6H11N3O2. The van der Waals surface area contributed by atoms with E-state index in [9.17, 15) is 9.59 Å². The molecule has 0 fully saturated rings. The highest BCUT2D eigenvalue weighted by molar-refractivity contribution is 6.04. The largest absolute Gasteiger partial charge is 0.370 e. The fourth-order valence-electron chi connectivity index (χ4n) is 0.498. The number of Topliss-reactive ketones (excluding diaryl/α,β-unsaturated/α-hetero) is 1. The van der Waals surface area contributed by atoms with Crippen molar-refractivity contribution in [3.63, 3.8) is 0 Å². The quantitative estimate of drug-likeness (QED) is 0.289. The predicted molar refractivity (Wildman–Crippen MR) is 40.0 cm³/mol. The van der Waals surface area contributed by atoms with Gasteiger partial charge in [-0.2, -0.15) is 0 Å². The van der Waals surface area contributed by atoms with Crippen LogP contribution in [0.15, 0.2) is 0 Å². The smallest absolute Gasteiger partial charge is 0.234 e. The number of guanidine groups is 1. The molecule has 0 bridgehead atoms. The van der Waals surface area contributed by atoms with Crippen LogP contribution in [0.2, 0.25) is 0 Å². The second-order valence-corrected chi connectivity index (χ2v) is 2.03. The van der Waals surface area contributed by atoms with Crippen molar-refractivity contribution in [3.05, 3.63) is 0 Å². The summed E-state index contributed by atoms with van der Waals surface area (Å²) >= 11 is 0. The lowest BCUT2D eigenvalue weighted by Crippen LogP contribution is -2.36. The van der Waals surface area contributed by atoms with Gasteiger partial charge in [0.15, 0.2) is 5.96 Å². The van der Waals surface area contributed by atoms with Gasteiger partial charge in [-0.1, -0.05) is 6.92 Å². The second-order valence-electron chi connectivity index (χ2n) is 2.03. The number of nitrogens with two attached hydrogens (primary N) is 1. The summed E-state index contributed by atoms with van der Waals surface area (Å²) in [6, 6.07) is 0. The van der Waals surface area contributed by atoms with Gasteiger partial charge in [-0.05, 0) is 0 Å². The van der Waals surface area contributed by atoms with E-state index in [4.69, 9.17) is 11.1 Å². The SMILES string of the molecule is CCC(=O)CC(=O)NC(=N)N. The fraction of sp³-hybridized carbons (Fsp3) is 0.500. The van der Waals surface area contributed by atoms with Crippen molar-refractivity contribution in [2.24, 2.45) is 5.73 Å². The fourth-order valence-corrected chi connectivity index (χ4v) is 0.498. The number of hydrogen-bond acceptors (Lipinski definition) is 3. The number of amides is 1. The molecule has 62 valence electrons. The van der Waals surface area contributed by atoms with Crippen molar-refractivity contribution in [1.82, 2.24) is 5.32 Å². The van der Waals surface area contributed by atoms with Gasteiger partial charge >= 0.3 is 0 Å². The normalized spacial score (nSPS) is 8.82. The number of carbonyl (C=O) groups is 2. The Labute approximate surface area is 64.5 Å². The van der Waals surface area contributed by atoms with Crippen LogP contribution in [-0.4, -0.2) is 17.6 Å². The third-order valence-corrected chi connectivity index (χ3v) is 1.03. The molecule has 0 aliphatic carbocycles. The Morgan fingerprint density at radius 2 is 2.09 bits per heavy atom. The summed E-state index contributed by atoms with van der Waals surface area (Å²) in [7, 11) is 0. The lowest BCUT2D eigenvalue weighted by atomic mass is 10.2. The molecule has 0 aromatic heterocycles. The molecular weight excluding hydrogens is 146 g/mol. The van der Waals surface area contributed by atoms with Crippen LogP contribution in [0, 0.1) is 5.41 Å². The van der Waals surface area contributed by atoms with E-state index in [0.29, 0.717) is 6.42 Å². The van der Waals surface area contributed by atoms with Crippen molar-refractivity contribution in [1.29, 1.82) is 5.41 Å². The molecule has 0 saturated heterocycles. The Bertz CT molecular complexity index is 188. The van der Waals surface area contributed by atoms with E-state index in [1.54, 1.807) is 6.92 Å². The zero-order valence-electron chi connectivity index (χ0n) is 6.31. The van der Waals surface area contributed by atoms with E-state index in [1.165, 1.54) is 0 Å². The summed E-state index contributed by atoms with van der Waals surface area (Å²) < 4.78 is 0. The molecule has 0 aliphatic heterocycles. The first kappa shape index (κ1) is 9.61. The standard InChI is InChI=1S/C6H11N3O2/c1-2-4(10)3-5(11)9-6(7)8/h2-3H2,1H3,(H4,7,8,9,11). The second kappa shape index (κ2) is 4.43. The van der Waals surface area contributed by atoms with Gasteiger partial charge in [0, 0.05) is 6.42 Å². The van der Waals surface area contributed by atoms with E-state index >= 15 is 0 Å². The van der Waals surface area contributed by atoms with E-state index in [2.05, 4.69) is 0 Å².